The monoisotopic (exact) mass is 459 g/mol. The van der Waals surface area contributed by atoms with Crippen LogP contribution in [0.2, 0.25) is 5.02 Å². The van der Waals surface area contributed by atoms with Crippen molar-refractivity contribution in [3.8, 4) is 17.4 Å². The molecule has 9 nitrogen and oxygen atoms in total. The van der Waals surface area contributed by atoms with Gasteiger partial charge in [0.15, 0.2) is 0 Å². The van der Waals surface area contributed by atoms with Crippen molar-refractivity contribution in [3.05, 3.63) is 59.4 Å². The summed E-state index contributed by atoms with van der Waals surface area (Å²) in [5.74, 6) is 1.81. The largest absolute Gasteiger partial charge is 0.497 e. The zero-order chi connectivity index (χ0) is 22.0. The van der Waals surface area contributed by atoms with Gasteiger partial charge in [-0.1, -0.05) is 23.7 Å². The Morgan fingerprint density at radius 2 is 1.90 bits per heavy atom. The number of rotatable bonds is 7. The zero-order valence-electron chi connectivity index (χ0n) is 16.6. The molecule has 11 heteroatoms. The lowest BCUT2D eigenvalue weighted by Gasteiger charge is -2.11. The van der Waals surface area contributed by atoms with Gasteiger partial charge in [-0.2, -0.15) is 4.98 Å². The van der Waals surface area contributed by atoms with Crippen molar-refractivity contribution in [1.29, 1.82) is 0 Å². The normalized spacial score (nSPS) is 11.5. The van der Waals surface area contributed by atoms with E-state index in [2.05, 4.69) is 25.3 Å². The second-order valence-corrected chi connectivity index (χ2v) is 8.92. The molecule has 160 valence electrons. The molecule has 0 saturated heterocycles. The number of nitrogens with one attached hydrogen (secondary N) is 2. The van der Waals surface area contributed by atoms with Gasteiger partial charge in [0, 0.05) is 18.4 Å². The van der Waals surface area contributed by atoms with Crippen LogP contribution in [0.1, 0.15) is 5.82 Å². The SMILES string of the molecule is COc1ccc(Oc2cc(NCc3nc4ccccc4[nH]3)nc(S(C)(=O)=O)n2)c(Cl)c1. The highest BCUT2D eigenvalue weighted by Crippen LogP contribution is 2.32. The minimum absolute atomic E-state index is 0.0228. The number of halogens is 1. The number of imidazole rings is 1. The molecule has 0 radical (unpaired) electrons. The van der Waals surface area contributed by atoms with E-state index in [-0.39, 0.29) is 28.4 Å². The van der Waals surface area contributed by atoms with E-state index in [0.29, 0.717) is 17.3 Å². The summed E-state index contributed by atoms with van der Waals surface area (Å²) in [6, 6.07) is 14.0. The van der Waals surface area contributed by atoms with Crippen molar-refractivity contribution in [3.63, 3.8) is 0 Å². The maximum atomic E-state index is 12.1. The zero-order valence-corrected chi connectivity index (χ0v) is 18.2. The highest BCUT2D eigenvalue weighted by molar-refractivity contribution is 7.90. The Kier molecular flexibility index (Phi) is 5.66. The standard InChI is InChI=1S/C20H18ClN5O4S/c1-29-12-7-8-16(13(21)9-12)30-19-10-17(25-20(26-19)31(2,27)28)22-11-18-23-14-5-3-4-6-15(14)24-18/h3-10H,11H2,1-2H3,(H,23,24)(H,22,25,26). The number of aromatic amines is 1. The number of ether oxygens (including phenoxy) is 2. The van der Waals surface area contributed by atoms with Crippen molar-refractivity contribution in [1.82, 2.24) is 19.9 Å². The number of hydrogen-bond donors (Lipinski definition) is 2. The smallest absolute Gasteiger partial charge is 0.252 e. The second kappa shape index (κ2) is 8.40. The van der Waals surface area contributed by atoms with Crippen LogP contribution in [-0.2, 0) is 16.4 Å². The number of fused-ring (bicyclic) bond motifs is 1. The fraction of sp³-hybridized carbons (Fsp3) is 0.150. The molecule has 0 unspecified atom stereocenters. The molecule has 2 N–H and O–H groups in total. The van der Waals surface area contributed by atoms with Crippen molar-refractivity contribution in [2.75, 3.05) is 18.7 Å². The van der Waals surface area contributed by atoms with Gasteiger partial charge in [0.25, 0.3) is 5.16 Å². The number of anilines is 1. The molecule has 31 heavy (non-hydrogen) atoms. The van der Waals surface area contributed by atoms with E-state index in [9.17, 15) is 8.42 Å². The molecule has 0 aliphatic rings. The van der Waals surface area contributed by atoms with Gasteiger partial charge in [-0.15, -0.1) is 0 Å². The molecule has 0 aliphatic carbocycles. The van der Waals surface area contributed by atoms with Gasteiger partial charge < -0.3 is 19.8 Å². The molecule has 0 amide bonds. The van der Waals surface area contributed by atoms with Crippen LogP contribution in [0.25, 0.3) is 11.0 Å². The van der Waals surface area contributed by atoms with Crippen molar-refractivity contribution >= 4 is 38.3 Å². The first-order valence-electron chi connectivity index (χ1n) is 9.10. The van der Waals surface area contributed by atoms with Crippen LogP contribution in [0.15, 0.2) is 53.7 Å². The minimum atomic E-state index is -3.68. The molecular weight excluding hydrogens is 442 g/mol. The van der Waals surface area contributed by atoms with Crippen LogP contribution in [0.5, 0.6) is 17.4 Å². The van der Waals surface area contributed by atoms with E-state index in [4.69, 9.17) is 21.1 Å². The fourth-order valence-electron chi connectivity index (χ4n) is 2.78. The molecule has 0 saturated carbocycles. The van der Waals surface area contributed by atoms with Crippen LogP contribution < -0.4 is 14.8 Å². The first-order valence-corrected chi connectivity index (χ1v) is 11.4. The Bertz CT molecular complexity index is 1320. The number of benzene rings is 2. The molecule has 2 aromatic carbocycles. The van der Waals surface area contributed by atoms with Crippen LogP contribution >= 0.6 is 11.6 Å². The number of hydrogen-bond acceptors (Lipinski definition) is 8. The summed E-state index contributed by atoms with van der Waals surface area (Å²) in [4.78, 5) is 15.7. The summed E-state index contributed by atoms with van der Waals surface area (Å²) in [7, 11) is -2.16. The highest BCUT2D eigenvalue weighted by Gasteiger charge is 2.17. The third-order valence-electron chi connectivity index (χ3n) is 4.24. The van der Waals surface area contributed by atoms with Crippen molar-refractivity contribution in [2.45, 2.75) is 11.7 Å². The molecule has 0 fully saturated rings. The van der Waals surface area contributed by atoms with E-state index in [1.807, 2.05) is 24.3 Å². The minimum Gasteiger partial charge on any atom is -0.497 e. The van der Waals surface area contributed by atoms with E-state index < -0.39 is 9.84 Å². The van der Waals surface area contributed by atoms with Gasteiger partial charge >= 0.3 is 0 Å². The maximum absolute atomic E-state index is 12.1. The number of nitrogens with zero attached hydrogens (tertiary/aromatic N) is 3. The van der Waals surface area contributed by atoms with Gasteiger partial charge in [-0.25, -0.2) is 18.4 Å². The van der Waals surface area contributed by atoms with Crippen molar-refractivity contribution < 1.29 is 17.9 Å². The molecular formula is C20H18ClN5O4S. The summed E-state index contributed by atoms with van der Waals surface area (Å²) < 4.78 is 35.0. The molecule has 2 heterocycles. The first-order chi connectivity index (χ1) is 14.8. The molecule has 4 rings (SSSR count). The van der Waals surface area contributed by atoms with Gasteiger partial charge in [0.1, 0.15) is 23.1 Å². The Balaban J connectivity index is 1.61. The molecule has 4 aromatic rings. The molecule has 2 aromatic heterocycles. The summed E-state index contributed by atoms with van der Waals surface area (Å²) in [5, 5.41) is 2.97. The average molecular weight is 460 g/mol. The lowest BCUT2D eigenvalue weighted by atomic mass is 10.3. The Morgan fingerprint density at radius 1 is 1.10 bits per heavy atom. The Morgan fingerprint density at radius 3 is 2.61 bits per heavy atom. The average Bonchev–Trinajstić information content (AvgIpc) is 3.16. The number of H-pyrrole nitrogens is 1. The van der Waals surface area contributed by atoms with Gasteiger partial charge in [-0.05, 0) is 24.3 Å². The lowest BCUT2D eigenvalue weighted by Crippen LogP contribution is -2.09. The third-order valence-corrected chi connectivity index (χ3v) is 5.38. The highest BCUT2D eigenvalue weighted by atomic mass is 35.5. The van der Waals surface area contributed by atoms with Gasteiger partial charge in [0.05, 0.1) is 29.7 Å². The predicted molar refractivity (Wildman–Crippen MR) is 117 cm³/mol. The summed E-state index contributed by atoms with van der Waals surface area (Å²) in [6.45, 7) is 0.289. The summed E-state index contributed by atoms with van der Waals surface area (Å²) >= 11 is 6.21. The molecule has 0 spiro atoms. The maximum Gasteiger partial charge on any atom is 0.252 e. The third kappa shape index (κ3) is 4.86. The van der Waals surface area contributed by atoms with E-state index in [0.717, 1.165) is 17.3 Å². The molecule has 0 bridgehead atoms. The quantitative estimate of drug-likeness (QED) is 0.400. The number of para-hydroxylation sites is 2. The van der Waals surface area contributed by atoms with E-state index >= 15 is 0 Å². The Labute approximate surface area is 183 Å². The number of methoxy groups -OCH3 is 1. The van der Waals surface area contributed by atoms with E-state index in [1.165, 1.54) is 13.2 Å². The van der Waals surface area contributed by atoms with Gasteiger partial charge in [-0.3, -0.25) is 0 Å². The fourth-order valence-corrected chi connectivity index (χ4v) is 3.51. The first kappa shape index (κ1) is 20.9. The summed E-state index contributed by atoms with van der Waals surface area (Å²) in [6.07, 6.45) is 1.02. The molecule has 0 atom stereocenters. The predicted octanol–water partition coefficient (Wildman–Crippen LogP) is 3.82. The van der Waals surface area contributed by atoms with Crippen molar-refractivity contribution in [2.24, 2.45) is 0 Å². The van der Waals surface area contributed by atoms with Crippen LogP contribution in [0, 0.1) is 0 Å². The Hall–Kier alpha value is -3.37. The number of aromatic nitrogens is 4. The van der Waals surface area contributed by atoms with Crippen LogP contribution in [0.3, 0.4) is 0 Å². The van der Waals surface area contributed by atoms with Crippen LogP contribution in [0.4, 0.5) is 5.82 Å². The number of sulfone groups is 1. The van der Waals surface area contributed by atoms with Gasteiger partial charge in [0.2, 0.25) is 15.7 Å². The molecule has 0 aliphatic heterocycles. The van der Waals surface area contributed by atoms with E-state index in [1.54, 1.807) is 18.2 Å². The lowest BCUT2D eigenvalue weighted by molar-refractivity contribution is 0.412. The second-order valence-electron chi connectivity index (χ2n) is 6.60. The topological polar surface area (TPSA) is 119 Å². The van der Waals surface area contributed by atoms with Crippen LogP contribution in [-0.4, -0.2) is 41.7 Å². The summed E-state index contributed by atoms with van der Waals surface area (Å²) in [5.41, 5.74) is 1.73.